The smallest absolute Gasteiger partial charge is 0.320 e. The Labute approximate surface area is 130 Å². The van der Waals surface area contributed by atoms with Crippen LogP contribution in [-0.2, 0) is 11.3 Å². The second-order valence-corrected chi connectivity index (χ2v) is 5.53. The second kappa shape index (κ2) is 6.62. The number of likely N-dealkylation sites (tertiary alicyclic amines) is 1. The van der Waals surface area contributed by atoms with Gasteiger partial charge in [-0.15, -0.1) is 0 Å². The standard InChI is InChI=1S/C18H19NO3/c20-18(21)17-10-5-11-19(17)13-14-6-4-9-16(12-14)22-15-7-2-1-3-8-15/h1-4,6-9,12,17H,5,10-11,13H2,(H,20,21)/t17-/m1/s1. The van der Waals surface area contributed by atoms with E-state index in [1.165, 1.54) is 0 Å². The molecular formula is C18H19NO3. The van der Waals surface area contributed by atoms with Gasteiger partial charge in [-0.1, -0.05) is 30.3 Å². The Morgan fingerprint density at radius 3 is 2.68 bits per heavy atom. The van der Waals surface area contributed by atoms with Crippen LogP contribution in [0.3, 0.4) is 0 Å². The van der Waals surface area contributed by atoms with Crippen molar-refractivity contribution in [1.82, 2.24) is 4.90 Å². The third-order valence-corrected chi connectivity index (χ3v) is 3.91. The molecule has 1 aliphatic heterocycles. The van der Waals surface area contributed by atoms with Gasteiger partial charge in [-0.2, -0.15) is 0 Å². The number of aliphatic carboxylic acids is 1. The number of carboxylic acid groups (broad SMARTS) is 1. The molecule has 0 aromatic heterocycles. The summed E-state index contributed by atoms with van der Waals surface area (Å²) in [7, 11) is 0. The lowest BCUT2D eigenvalue weighted by atomic mass is 10.1. The minimum atomic E-state index is -0.728. The fourth-order valence-corrected chi connectivity index (χ4v) is 2.86. The van der Waals surface area contributed by atoms with E-state index in [0.717, 1.165) is 36.4 Å². The van der Waals surface area contributed by atoms with Gasteiger partial charge in [-0.25, -0.2) is 0 Å². The molecule has 114 valence electrons. The molecule has 2 aromatic rings. The predicted octanol–water partition coefficient (Wildman–Crippen LogP) is 3.53. The van der Waals surface area contributed by atoms with Crippen LogP contribution in [0.1, 0.15) is 18.4 Å². The lowest BCUT2D eigenvalue weighted by Crippen LogP contribution is -2.35. The van der Waals surface area contributed by atoms with Crippen molar-refractivity contribution in [3.63, 3.8) is 0 Å². The van der Waals surface area contributed by atoms with Crippen LogP contribution in [0.25, 0.3) is 0 Å². The molecular weight excluding hydrogens is 278 g/mol. The Balaban J connectivity index is 1.70. The van der Waals surface area contributed by atoms with Crippen molar-refractivity contribution in [2.24, 2.45) is 0 Å². The average molecular weight is 297 g/mol. The molecule has 0 saturated carbocycles. The normalized spacial score (nSPS) is 18.3. The maximum Gasteiger partial charge on any atom is 0.320 e. The average Bonchev–Trinajstić information content (AvgIpc) is 2.97. The number of hydrogen-bond donors (Lipinski definition) is 1. The van der Waals surface area contributed by atoms with E-state index >= 15 is 0 Å². The van der Waals surface area contributed by atoms with Gasteiger partial charge in [-0.3, -0.25) is 9.69 Å². The Bertz CT molecular complexity index is 642. The quantitative estimate of drug-likeness (QED) is 0.917. The minimum Gasteiger partial charge on any atom is -0.480 e. The van der Waals surface area contributed by atoms with Gasteiger partial charge in [0.1, 0.15) is 17.5 Å². The predicted molar refractivity (Wildman–Crippen MR) is 84.0 cm³/mol. The van der Waals surface area contributed by atoms with E-state index < -0.39 is 5.97 Å². The number of hydrogen-bond acceptors (Lipinski definition) is 3. The molecule has 4 nitrogen and oxygen atoms in total. The maximum atomic E-state index is 11.2. The van der Waals surface area contributed by atoms with Crippen molar-refractivity contribution >= 4 is 5.97 Å². The first-order valence-corrected chi connectivity index (χ1v) is 7.51. The molecule has 0 aliphatic carbocycles. The maximum absolute atomic E-state index is 11.2. The Morgan fingerprint density at radius 2 is 1.91 bits per heavy atom. The van der Waals surface area contributed by atoms with E-state index in [1.807, 2.05) is 59.5 Å². The van der Waals surface area contributed by atoms with Crippen LogP contribution < -0.4 is 4.74 Å². The van der Waals surface area contributed by atoms with Crippen molar-refractivity contribution in [2.75, 3.05) is 6.54 Å². The van der Waals surface area contributed by atoms with Gasteiger partial charge >= 0.3 is 5.97 Å². The first-order valence-electron chi connectivity index (χ1n) is 7.51. The lowest BCUT2D eigenvalue weighted by molar-refractivity contribution is -0.142. The largest absolute Gasteiger partial charge is 0.480 e. The number of carboxylic acids is 1. The number of carbonyl (C=O) groups is 1. The fraction of sp³-hybridized carbons (Fsp3) is 0.278. The molecule has 3 rings (SSSR count). The van der Waals surface area contributed by atoms with Crippen molar-refractivity contribution in [3.05, 3.63) is 60.2 Å². The van der Waals surface area contributed by atoms with Gasteiger partial charge in [0.2, 0.25) is 0 Å². The van der Waals surface area contributed by atoms with E-state index in [1.54, 1.807) is 0 Å². The van der Waals surface area contributed by atoms with Crippen LogP contribution in [0.15, 0.2) is 54.6 Å². The van der Waals surface area contributed by atoms with E-state index in [4.69, 9.17) is 4.74 Å². The summed E-state index contributed by atoms with van der Waals surface area (Å²) in [5.41, 5.74) is 1.07. The van der Waals surface area contributed by atoms with E-state index in [0.29, 0.717) is 6.54 Å². The number of nitrogens with zero attached hydrogens (tertiary/aromatic N) is 1. The Hall–Kier alpha value is -2.33. The zero-order valence-corrected chi connectivity index (χ0v) is 12.3. The van der Waals surface area contributed by atoms with E-state index in [2.05, 4.69) is 0 Å². The molecule has 0 spiro atoms. The summed E-state index contributed by atoms with van der Waals surface area (Å²) >= 11 is 0. The Morgan fingerprint density at radius 1 is 1.14 bits per heavy atom. The number of benzene rings is 2. The summed E-state index contributed by atoms with van der Waals surface area (Å²) < 4.78 is 5.82. The van der Waals surface area contributed by atoms with Gasteiger partial charge in [0.05, 0.1) is 0 Å². The van der Waals surface area contributed by atoms with Gasteiger partial charge < -0.3 is 9.84 Å². The zero-order valence-electron chi connectivity index (χ0n) is 12.3. The lowest BCUT2D eigenvalue weighted by Gasteiger charge is -2.21. The molecule has 1 atom stereocenters. The molecule has 2 aromatic carbocycles. The van der Waals surface area contributed by atoms with Crippen molar-refractivity contribution < 1.29 is 14.6 Å². The number of ether oxygens (including phenoxy) is 1. The minimum absolute atomic E-state index is 0.362. The second-order valence-electron chi connectivity index (χ2n) is 5.53. The van der Waals surface area contributed by atoms with Crippen LogP contribution in [-0.4, -0.2) is 28.6 Å². The summed E-state index contributed by atoms with van der Waals surface area (Å²) in [6.07, 6.45) is 1.67. The molecule has 1 N–H and O–H groups in total. The molecule has 0 bridgehead atoms. The molecule has 22 heavy (non-hydrogen) atoms. The molecule has 0 unspecified atom stereocenters. The van der Waals surface area contributed by atoms with Crippen molar-refractivity contribution in [2.45, 2.75) is 25.4 Å². The van der Waals surface area contributed by atoms with Gasteiger partial charge in [-0.05, 0) is 49.2 Å². The monoisotopic (exact) mass is 297 g/mol. The summed E-state index contributed by atoms with van der Waals surface area (Å²) in [6, 6.07) is 17.1. The van der Waals surface area contributed by atoms with Gasteiger partial charge in [0.15, 0.2) is 0 Å². The summed E-state index contributed by atoms with van der Waals surface area (Å²) in [6.45, 7) is 1.48. The SMILES string of the molecule is O=C(O)[C@H]1CCCN1Cc1cccc(Oc2ccccc2)c1. The molecule has 1 heterocycles. The van der Waals surface area contributed by atoms with E-state index in [9.17, 15) is 9.90 Å². The van der Waals surface area contributed by atoms with Crippen LogP contribution in [0.4, 0.5) is 0 Å². The van der Waals surface area contributed by atoms with Crippen LogP contribution >= 0.6 is 0 Å². The molecule has 1 saturated heterocycles. The first-order chi connectivity index (χ1) is 10.7. The first kappa shape index (κ1) is 14.6. The highest BCUT2D eigenvalue weighted by atomic mass is 16.5. The highest BCUT2D eigenvalue weighted by molar-refractivity contribution is 5.73. The molecule has 1 aliphatic rings. The van der Waals surface area contributed by atoms with Crippen LogP contribution in [0, 0.1) is 0 Å². The van der Waals surface area contributed by atoms with Crippen molar-refractivity contribution in [3.8, 4) is 11.5 Å². The zero-order chi connectivity index (χ0) is 15.4. The summed E-state index contributed by atoms with van der Waals surface area (Å²) in [5.74, 6) is 0.841. The summed E-state index contributed by atoms with van der Waals surface area (Å²) in [4.78, 5) is 13.3. The van der Waals surface area contributed by atoms with Crippen molar-refractivity contribution in [1.29, 1.82) is 0 Å². The van der Waals surface area contributed by atoms with Crippen LogP contribution in [0.5, 0.6) is 11.5 Å². The molecule has 4 heteroatoms. The van der Waals surface area contributed by atoms with Crippen LogP contribution in [0.2, 0.25) is 0 Å². The highest BCUT2D eigenvalue weighted by Gasteiger charge is 2.30. The molecule has 1 fully saturated rings. The Kier molecular flexibility index (Phi) is 4.39. The number of para-hydroxylation sites is 1. The highest BCUT2D eigenvalue weighted by Crippen LogP contribution is 2.25. The number of rotatable bonds is 5. The molecule has 0 amide bonds. The topological polar surface area (TPSA) is 49.8 Å². The third kappa shape index (κ3) is 3.46. The van der Waals surface area contributed by atoms with E-state index in [-0.39, 0.29) is 6.04 Å². The van der Waals surface area contributed by atoms with Gasteiger partial charge in [0, 0.05) is 6.54 Å². The molecule has 0 radical (unpaired) electrons. The summed E-state index contributed by atoms with van der Waals surface area (Å²) in [5, 5.41) is 9.24. The third-order valence-electron chi connectivity index (χ3n) is 3.91. The fourth-order valence-electron chi connectivity index (χ4n) is 2.86. The van der Waals surface area contributed by atoms with Gasteiger partial charge in [0.25, 0.3) is 0 Å².